The van der Waals surface area contributed by atoms with E-state index in [1.54, 1.807) is 18.2 Å². The molecule has 0 unspecified atom stereocenters. The third-order valence-electron chi connectivity index (χ3n) is 3.90. The molecular formula is C16H16FN3O2S. The van der Waals surface area contributed by atoms with Gasteiger partial charge in [-0.25, -0.2) is 9.37 Å². The number of thiazole rings is 1. The average molecular weight is 333 g/mol. The number of carbonyl (C=O) groups is 2. The Kier molecular flexibility index (Phi) is 4.12. The number of aryl methyl sites for hydroxylation is 2. The molecule has 1 fully saturated rings. The summed E-state index contributed by atoms with van der Waals surface area (Å²) < 4.78 is 13.8. The summed E-state index contributed by atoms with van der Waals surface area (Å²) in [6.45, 7) is 3.98. The fraction of sp³-hybridized carbons (Fsp3) is 0.312. The molecule has 1 atom stereocenters. The van der Waals surface area contributed by atoms with E-state index in [1.807, 2.05) is 13.8 Å². The van der Waals surface area contributed by atoms with Crippen LogP contribution in [0.2, 0.25) is 0 Å². The van der Waals surface area contributed by atoms with Gasteiger partial charge in [0.1, 0.15) is 5.82 Å². The first kappa shape index (κ1) is 15.6. The van der Waals surface area contributed by atoms with Crippen molar-refractivity contribution >= 4 is 34.0 Å². The van der Waals surface area contributed by atoms with Crippen molar-refractivity contribution in [1.29, 1.82) is 0 Å². The van der Waals surface area contributed by atoms with Crippen molar-refractivity contribution in [3.05, 3.63) is 40.7 Å². The molecule has 1 aliphatic rings. The minimum atomic E-state index is -0.508. The molecule has 23 heavy (non-hydrogen) atoms. The Morgan fingerprint density at radius 1 is 1.39 bits per heavy atom. The molecule has 0 spiro atoms. The van der Waals surface area contributed by atoms with Crippen LogP contribution in [0.25, 0.3) is 0 Å². The Labute approximate surface area is 137 Å². The summed E-state index contributed by atoms with van der Waals surface area (Å²) in [4.78, 5) is 31.1. The Balaban J connectivity index is 1.72. The zero-order valence-corrected chi connectivity index (χ0v) is 13.6. The maximum Gasteiger partial charge on any atom is 0.231 e. The van der Waals surface area contributed by atoms with Crippen molar-refractivity contribution < 1.29 is 14.0 Å². The van der Waals surface area contributed by atoms with Gasteiger partial charge in [-0.3, -0.25) is 9.59 Å². The van der Waals surface area contributed by atoms with Crippen LogP contribution in [0.4, 0.5) is 15.2 Å². The van der Waals surface area contributed by atoms with Gasteiger partial charge in [0.05, 0.1) is 17.3 Å². The van der Waals surface area contributed by atoms with Gasteiger partial charge in [0.15, 0.2) is 5.13 Å². The molecule has 0 bridgehead atoms. The number of amides is 2. The highest BCUT2D eigenvalue weighted by atomic mass is 32.1. The highest BCUT2D eigenvalue weighted by molar-refractivity contribution is 7.15. The van der Waals surface area contributed by atoms with Gasteiger partial charge in [-0.2, -0.15) is 0 Å². The molecule has 5 nitrogen and oxygen atoms in total. The van der Waals surface area contributed by atoms with Crippen LogP contribution in [0.3, 0.4) is 0 Å². The lowest BCUT2D eigenvalue weighted by atomic mass is 10.1. The SMILES string of the molecule is Cc1nc(NC(=O)[C@H]2CC(=O)N(c3ccccc3F)C2)sc1C. The summed E-state index contributed by atoms with van der Waals surface area (Å²) >= 11 is 1.40. The molecule has 0 aliphatic carbocycles. The van der Waals surface area contributed by atoms with Crippen molar-refractivity contribution in [2.45, 2.75) is 20.3 Å². The fourth-order valence-corrected chi connectivity index (χ4v) is 3.34. The van der Waals surface area contributed by atoms with E-state index < -0.39 is 11.7 Å². The predicted molar refractivity (Wildman–Crippen MR) is 87.1 cm³/mol. The first-order valence-electron chi connectivity index (χ1n) is 7.25. The monoisotopic (exact) mass is 333 g/mol. The molecule has 1 N–H and O–H groups in total. The van der Waals surface area contributed by atoms with E-state index >= 15 is 0 Å². The van der Waals surface area contributed by atoms with Gasteiger partial charge in [-0.15, -0.1) is 11.3 Å². The van der Waals surface area contributed by atoms with E-state index in [0.29, 0.717) is 5.13 Å². The summed E-state index contributed by atoms with van der Waals surface area (Å²) in [6, 6.07) is 6.08. The van der Waals surface area contributed by atoms with Crippen molar-refractivity contribution in [3.63, 3.8) is 0 Å². The molecule has 0 saturated carbocycles. The number of para-hydroxylation sites is 1. The van der Waals surface area contributed by atoms with E-state index in [9.17, 15) is 14.0 Å². The standard InChI is InChI=1S/C16H16FN3O2S/c1-9-10(2)23-16(18-9)19-15(22)11-7-14(21)20(8-11)13-6-4-3-5-12(13)17/h3-6,11H,7-8H2,1-2H3,(H,18,19,22)/t11-/m0/s1. The zero-order valence-electron chi connectivity index (χ0n) is 12.8. The minimum Gasteiger partial charge on any atom is -0.309 e. The maximum atomic E-state index is 13.8. The number of benzene rings is 1. The lowest BCUT2D eigenvalue weighted by Gasteiger charge is -2.17. The van der Waals surface area contributed by atoms with E-state index in [1.165, 1.54) is 22.3 Å². The molecule has 7 heteroatoms. The number of hydrogen-bond donors (Lipinski definition) is 1. The first-order valence-corrected chi connectivity index (χ1v) is 8.07. The van der Waals surface area contributed by atoms with Gasteiger partial charge in [-0.1, -0.05) is 12.1 Å². The van der Waals surface area contributed by atoms with Crippen LogP contribution in [0.1, 0.15) is 17.0 Å². The second-order valence-corrected chi connectivity index (χ2v) is 6.71. The number of hydrogen-bond acceptors (Lipinski definition) is 4. The summed E-state index contributed by atoms with van der Waals surface area (Å²) in [5.74, 6) is -1.48. The molecule has 0 radical (unpaired) electrons. The molecule has 2 aromatic rings. The van der Waals surface area contributed by atoms with Gasteiger partial charge < -0.3 is 10.2 Å². The van der Waals surface area contributed by atoms with E-state index in [2.05, 4.69) is 10.3 Å². The second kappa shape index (κ2) is 6.08. The first-order chi connectivity index (χ1) is 11.0. The van der Waals surface area contributed by atoms with E-state index in [0.717, 1.165) is 10.6 Å². The van der Waals surface area contributed by atoms with Crippen LogP contribution in [0.5, 0.6) is 0 Å². The number of anilines is 2. The Morgan fingerprint density at radius 2 is 2.13 bits per heavy atom. The minimum absolute atomic E-state index is 0.0729. The molecule has 2 amide bonds. The van der Waals surface area contributed by atoms with Crippen molar-refractivity contribution in [1.82, 2.24) is 4.98 Å². The van der Waals surface area contributed by atoms with Crippen LogP contribution < -0.4 is 10.2 Å². The summed E-state index contributed by atoms with van der Waals surface area (Å²) in [5.41, 5.74) is 1.09. The van der Waals surface area contributed by atoms with Crippen LogP contribution in [-0.2, 0) is 9.59 Å². The molecule has 1 aliphatic heterocycles. The van der Waals surface area contributed by atoms with E-state index in [4.69, 9.17) is 0 Å². The molecular weight excluding hydrogens is 317 g/mol. The molecule has 3 rings (SSSR count). The van der Waals surface area contributed by atoms with Crippen molar-refractivity contribution in [2.75, 3.05) is 16.8 Å². The Bertz CT molecular complexity index is 755. The lowest BCUT2D eigenvalue weighted by molar-refractivity contribution is -0.122. The van der Waals surface area contributed by atoms with Crippen molar-refractivity contribution in [2.24, 2.45) is 5.92 Å². The van der Waals surface area contributed by atoms with Gasteiger partial charge in [-0.05, 0) is 26.0 Å². The largest absolute Gasteiger partial charge is 0.309 e. The Hall–Kier alpha value is -2.28. The maximum absolute atomic E-state index is 13.8. The van der Waals surface area contributed by atoms with E-state index in [-0.39, 0.29) is 30.5 Å². The zero-order chi connectivity index (χ0) is 16.6. The number of halogens is 1. The number of aromatic nitrogens is 1. The quantitative estimate of drug-likeness (QED) is 0.939. The summed E-state index contributed by atoms with van der Waals surface area (Å²) in [6.07, 6.45) is 0.0729. The second-order valence-electron chi connectivity index (χ2n) is 5.51. The number of rotatable bonds is 3. The van der Waals surface area contributed by atoms with Gasteiger partial charge in [0.25, 0.3) is 0 Å². The number of nitrogens with zero attached hydrogens (tertiary/aromatic N) is 2. The van der Waals surface area contributed by atoms with Crippen LogP contribution >= 0.6 is 11.3 Å². The third kappa shape index (κ3) is 3.10. The number of carbonyl (C=O) groups excluding carboxylic acids is 2. The highest BCUT2D eigenvalue weighted by Crippen LogP contribution is 2.28. The van der Waals surface area contributed by atoms with Crippen molar-refractivity contribution in [3.8, 4) is 0 Å². The van der Waals surface area contributed by atoms with Crippen LogP contribution in [0, 0.1) is 25.6 Å². The highest BCUT2D eigenvalue weighted by Gasteiger charge is 2.36. The smallest absolute Gasteiger partial charge is 0.231 e. The normalized spacial score (nSPS) is 17.6. The molecule has 1 aromatic heterocycles. The molecule has 120 valence electrons. The molecule has 2 heterocycles. The lowest BCUT2D eigenvalue weighted by Crippen LogP contribution is -2.28. The summed E-state index contributed by atoms with van der Waals surface area (Å²) in [5, 5.41) is 3.28. The van der Waals surface area contributed by atoms with Gasteiger partial charge >= 0.3 is 0 Å². The topological polar surface area (TPSA) is 62.3 Å². The molecule has 1 saturated heterocycles. The fourth-order valence-electron chi connectivity index (χ4n) is 2.52. The number of nitrogens with one attached hydrogen (secondary N) is 1. The van der Waals surface area contributed by atoms with Gasteiger partial charge in [0, 0.05) is 17.8 Å². The predicted octanol–water partition coefficient (Wildman–Crippen LogP) is 2.89. The molecule has 1 aromatic carbocycles. The third-order valence-corrected chi connectivity index (χ3v) is 4.89. The van der Waals surface area contributed by atoms with Crippen LogP contribution in [0.15, 0.2) is 24.3 Å². The van der Waals surface area contributed by atoms with Crippen LogP contribution in [-0.4, -0.2) is 23.3 Å². The summed E-state index contributed by atoms with van der Waals surface area (Å²) in [7, 11) is 0. The van der Waals surface area contributed by atoms with Gasteiger partial charge in [0.2, 0.25) is 11.8 Å². The Morgan fingerprint density at radius 3 is 2.78 bits per heavy atom. The average Bonchev–Trinajstić information content (AvgIpc) is 3.03.